The van der Waals surface area contributed by atoms with Gasteiger partial charge in [0, 0.05) is 44.9 Å². The van der Waals surface area contributed by atoms with Crippen LogP contribution in [0.3, 0.4) is 0 Å². The van der Waals surface area contributed by atoms with Crippen molar-refractivity contribution in [1.29, 1.82) is 0 Å². The number of halogens is 6. The zero-order valence-electron chi connectivity index (χ0n) is 20.0. The lowest BCUT2D eigenvalue weighted by Crippen LogP contribution is -2.15. The molecule has 0 unspecified atom stereocenters. The Morgan fingerprint density at radius 3 is 1.23 bits per heavy atom. The third-order valence-electron chi connectivity index (χ3n) is 4.61. The quantitative estimate of drug-likeness (QED) is 0.225. The molecule has 0 aromatic heterocycles. The van der Waals surface area contributed by atoms with Gasteiger partial charge in [-0.15, -0.1) is 0 Å². The topological polar surface area (TPSA) is 188 Å². The first-order valence-corrected chi connectivity index (χ1v) is 10.2. The molecule has 1 N–H and O–H groups in total. The largest absolute Gasteiger partial charge is 0.416 e. The molecule has 0 amide bonds. The summed E-state index contributed by atoms with van der Waals surface area (Å²) in [6.45, 7) is 1.86. The summed E-state index contributed by atoms with van der Waals surface area (Å²) in [6, 6.07) is 1.13. The number of alkyl halides is 6. The number of benzene rings is 2. The summed E-state index contributed by atoms with van der Waals surface area (Å²) in [5.41, 5.74) is -7.75. The van der Waals surface area contributed by atoms with Crippen LogP contribution in [0.4, 0.5) is 60.5 Å². The van der Waals surface area contributed by atoms with Crippen molar-refractivity contribution in [2.75, 3.05) is 30.9 Å². The molecule has 2 aromatic carbocycles. The monoisotopic (exact) mass is 572 g/mol. The molecule has 0 fully saturated rings. The first-order valence-electron chi connectivity index (χ1n) is 10.2. The first-order chi connectivity index (χ1) is 17.7. The Morgan fingerprint density at radius 2 is 1.00 bits per heavy atom. The molecule has 0 aliphatic heterocycles. The van der Waals surface area contributed by atoms with E-state index in [1.807, 2.05) is 0 Å². The van der Waals surface area contributed by atoms with Crippen LogP contribution in [-0.4, -0.2) is 40.3 Å². The van der Waals surface area contributed by atoms with Crippen molar-refractivity contribution in [3.63, 3.8) is 0 Å². The molecule has 0 radical (unpaired) electrons. The fraction of sp³-hybridized carbons (Fsp3) is 0.368. The molecule has 14 nitrogen and oxygen atoms in total. The van der Waals surface area contributed by atoms with Gasteiger partial charge < -0.3 is 10.2 Å². The summed E-state index contributed by atoms with van der Waals surface area (Å²) in [7, 11) is 2.53. The fourth-order valence-electron chi connectivity index (χ4n) is 3.00. The molecule has 0 atom stereocenters. The maximum atomic E-state index is 12.6. The zero-order chi connectivity index (χ0) is 30.5. The standard InChI is InChI=1S/C10H10F3N3O4.C9H8F3N3O4/c1-2-3-14-9-7(15(17)18)4-6(10(11,12)13)5-8(9)16(19)20;1-13(2)8-6(14(16)17)3-5(9(10,11)12)4-7(8)15(18)19/h4-5,14H,2-3H2,1H3;3-4H,1-2H3. The van der Waals surface area contributed by atoms with E-state index in [1.165, 1.54) is 14.1 Å². The van der Waals surface area contributed by atoms with Gasteiger partial charge in [-0.1, -0.05) is 6.92 Å². The summed E-state index contributed by atoms with van der Waals surface area (Å²) in [4.78, 5) is 39.9. The van der Waals surface area contributed by atoms with Gasteiger partial charge in [0.2, 0.25) is 0 Å². The van der Waals surface area contributed by atoms with Crippen molar-refractivity contribution in [2.24, 2.45) is 0 Å². The fourth-order valence-corrected chi connectivity index (χ4v) is 3.00. The van der Waals surface area contributed by atoms with Crippen LogP contribution in [0.15, 0.2) is 24.3 Å². The van der Waals surface area contributed by atoms with Crippen molar-refractivity contribution >= 4 is 34.1 Å². The molecule has 0 aliphatic carbocycles. The zero-order valence-corrected chi connectivity index (χ0v) is 20.0. The van der Waals surface area contributed by atoms with Gasteiger partial charge in [-0.3, -0.25) is 40.5 Å². The van der Waals surface area contributed by atoms with Crippen molar-refractivity contribution in [1.82, 2.24) is 0 Å². The van der Waals surface area contributed by atoms with E-state index in [2.05, 4.69) is 5.32 Å². The smallest absolute Gasteiger partial charge is 0.374 e. The van der Waals surface area contributed by atoms with Crippen molar-refractivity contribution < 1.29 is 46.0 Å². The molecule has 0 spiro atoms. The van der Waals surface area contributed by atoms with E-state index in [0.29, 0.717) is 6.42 Å². The number of nitro benzene ring substituents is 4. The van der Waals surface area contributed by atoms with Crippen molar-refractivity contribution in [3.8, 4) is 0 Å². The molecule has 214 valence electrons. The van der Waals surface area contributed by atoms with E-state index in [1.54, 1.807) is 6.92 Å². The molecular formula is C19H18F6N6O8. The minimum Gasteiger partial charge on any atom is -0.374 e. The Hall–Kier alpha value is -4.78. The van der Waals surface area contributed by atoms with E-state index >= 15 is 0 Å². The Balaban J connectivity index is 0.000000391. The number of nitro groups is 4. The normalized spacial score (nSPS) is 11.2. The number of rotatable bonds is 8. The van der Waals surface area contributed by atoms with Gasteiger partial charge in [0.25, 0.3) is 22.7 Å². The van der Waals surface area contributed by atoms with Crippen LogP contribution in [0, 0.1) is 40.5 Å². The number of hydrogen-bond donors (Lipinski definition) is 1. The highest BCUT2D eigenvalue weighted by Crippen LogP contribution is 2.43. The summed E-state index contributed by atoms with van der Waals surface area (Å²) >= 11 is 0. The second-order valence-electron chi connectivity index (χ2n) is 7.60. The predicted molar refractivity (Wildman–Crippen MR) is 123 cm³/mol. The van der Waals surface area contributed by atoms with Gasteiger partial charge in [-0.25, -0.2) is 0 Å². The summed E-state index contributed by atoms with van der Waals surface area (Å²) in [6.07, 6.45) is -9.31. The Labute approximate surface area is 213 Å². The second kappa shape index (κ2) is 12.2. The average molecular weight is 572 g/mol. The van der Waals surface area contributed by atoms with Crippen LogP contribution in [0.1, 0.15) is 24.5 Å². The van der Waals surface area contributed by atoms with Gasteiger partial charge in [0.1, 0.15) is 0 Å². The summed E-state index contributed by atoms with van der Waals surface area (Å²) in [5.74, 6) is 0. The summed E-state index contributed by atoms with van der Waals surface area (Å²) < 4.78 is 75.4. The number of nitrogens with one attached hydrogen (secondary N) is 1. The summed E-state index contributed by atoms with van der Waals surface area (Å²) in [5, 5.41) is 45.6. The Kier molecular flexibility index (Phi) is 10.1. The van der Waals surface area contributed by atoms with Crippen molar-refractivity contribution in [2.45, 2.75) is 25.7 Å². The molecule has 0 saturated heterocycles. The minimum atomic E-state index is -4.90. The molecule has 20 heteroatoms. The second-order valence-corrected chi connectivity index (χ2v) is 7.60. The highest BCUT2D eigenvalue weighted by molar-refractivity contribution is 5.76. The number of nitrogens with zero attached hydrogens (tertiary/aromatic N) is 5. The highest BCUT2D eigenvalue weighted by Gasteiger charge is 2.39. The van der Waals surface area contributed by atoms with E-state index < -0.39 is 77.3 Å². The molecule has 2 aromatic rings. The SMILES string of the molecule is CCCNc1c([N+](=O)[O-])cc(C(F)(F)F)cc1[N+](=O)[O-].CN(C)c1c([N+](=O)[O-])cc(C(F)(F)F)cc1[N+](=O)[O-]. The molecule has 0 bridgehead atoms. The Bertz CT molecular complexity index is 1210. The lowest BCUT2D eigenvalue weighted by molar-refractivity contribution is -0.393. The maximum absolute atomic E-state index is 12.6. The van der Waals surface area contributed by atoms with Gasteiger partial charge in [-0.2, -0.15) is 26.3 Å². The molecule has 0 heterocycles. The highest BCUT2D eigenvalue weighted by atomic mass is 19.4. The molecule has 0 aliphatic rings. The van der Waals surface area contributed by atoms with Gasteiger partial charge in [-0.05, 0) is 6.42 Å². The van der Waals surface area contributed by atoms with Crippen LogP contribution in [0.5, 0.6) is 0 Å². The predicted octanol–water partition coefficient (Wildman–Crippen LogP) is 5.93. The van der Waals surface area contributed by atoms with Crippen LogP contribution in [0.25, 0.3) is 0 Å². The maximum Gasteiger partial charge on any atom is 0.416 e. The first kappa shape index (κ1) is 32.2. The Morgan fingerprint density at radius 1 is 0.692 bits per heavy atom. The van der Waals surface area contributed by atoms with Gasteiger partial charge in [0.15, 0.2) is 11.4 Å². The van der Waals surface area contributed by atoms with E-state index in [4.69, 9.17) is 0 Å². The molecular weight excluding hydrogens is 554 g/mol. The third kappa shape index (κ3) is 8.10. The third-order valence-corrected chi connectivity index (χ3v) is 4.61. The van der Waals surface area contributed by atoms with Crippen LogP contribution in [0.2, 0.25) is 0 Å². The van der Waals surface area contributed by atoms with E-state index in [-0.39, 0.29) is 30.8 Å². The lowest BCUT2D eigenvalue weighted by Gasteiger charge is -2.14. The van der Waals surface area contributed by atoms with Gasteiger partial charge >= 0.3 is 12.4 Å². The van der Waals surface area contributed by atoms with Crippen LogP contribution >= 0.6 is 0 Å². The minimum absolute atomic E-state index is 0.160. The number of anilines is 2. The number of hydrogen-bond acceptors (Lipinski definition) is 10. The van der Waals surface area contributed by atoms with Gasteiger partial charge in [0.05, 0.1) is 30.8 Å². The van der Waals surface area contributed by atoms with E-state index in [9.17, 15) is 66.8 Å². The van der Waals surface area contributed by atoms with Crippen molar-refractivity contribution in [3.05, 3.63) is 75.8 Å². The van der Waals surface area contributed by atoms with E-state index in [0.717, 1.165) is 4.90 Å². The van der Waals surface area contributed by atoms with Crippen LogP contribution in [-0.2, 0) is 12.4 Å². The lowest BCUT2D eigenvalue weighted by atomic mass is 10.1. The molecule has 0 saturated carbocycles. The molecule has 2 rings (SSSR count). The molecule has 39 heavy (non-hydrogen) atoms. The van der Waals surface area contributed by atoms with Crippen LogP contribution < -0.4 is 10.2 Å². The average Bonchev–Trinajstić information content (AvgIpc) is 2.80.